The number of nitro benzene ring substituents is 1. The van der Waals surface area contributed by atoms with Gasteiger partial charge in [0.2, 0.25) is 0 Å². The highest BCUT2D eigenvalue weighted by atomic mass is 16.6. The molecule has 2 atom stereocenters. The average molecular weight is 307 g/mol. The summed E-state index contributed by atoms with van der Waals surface area (Å²) in [7, 11) is 0. The largest absolute Gasteiger partial charge is 0.375 e. The number of carbonyl (C=O) groups excluding carboxylic acids is 1. The summed E-state index contributed by atoms with van der Waals surface area (Å²) in [5.74, 6) is 0. The number of morpholine rings is 1. The number of rotatable bonds is 3. The first-order valence-corrected chi connectivity index (χ1v) is 7.30. The molecular formula is C15H21N3O4. The molecule has 2 rings (SSSR count). The van der Waals surface area contributed by atoms with Gasteiger partial charge in [0, 0.05) is 24.7 Å². The summed E-state index contributed by atoms with van der Waals surface area (Å²) in [4.78, 5) is 24.5. The molecule has 7 heteroatoms. The minimum atomic E-state index is -0.406. The van der Waals surface area contributed by atoms with E-state index in [4.69, 9.17) is 4.74 Å². The van der Waals surface area contributed by atoms with E-state index >= 15 is 0 Å². The second kappa shape index (κ2) is 6.74. The minimum absolute atomic E-state index is 0.0234. The molecule has 0 spiro atoms. The van der Waals surface area contributed by atoms with Gasteiger partial charge in [-0.15, -0.1) is 0 Å². The smallest absolute Gasteiger partial charge is 0.318 e. The van der Waals surface area contributed by atoms with Crippen LogP contribution in [0.3, 0.4) is 0 Å². The number of carbonyl (C=O) groups is 1. The van der Waals surface area contributed by atoms with Gasteiger partial charge in [-0.25, -0.2) is 4.79 Å². The third-order valence-electron chi connectivity index (χ3n) is 3.80. The maximum atomic E-state index is 12.2. The summed E-state index contributed by atoms with van der Waals surface area (Å²) < 4.78 is 5.41. The standard InChI is InChI=1S/C15H21N3O4/c1-10-4-5-13(8-14(10)18(20)21)12(3)16-15(19)17-6-7-22-11(2)9-17/h4-5,8,11-12H,6-7,9H2,1-3H3,(H,16,19). The van der Waals surface area contributed by atoms with Crippen LogP contribution >= 0.6 is 0 Å². The van der Waals surface area contributed by atoms with Gasteiger partial charge in [-0.1, -0.05) is 12.1 Å². The van der Waals surface area contributed by atoms with E-state index in [1.807, 2.05) is 13.8 Å². The van der Waals surface area contributed by atoms with Gasteiger partial charge in [-0.05, 0) is 26.3 Å². The summed E-state index contributed by atoms with van der Waals surface area (Å²) >= 11 is 0. The SMILES string of the molecule is Cc1ccc(C(C)NC(=O)N2CCOC(C)C2)cc1[N+](=O)[O-]. The second-order valence-electron chi connectivity index (χ2n) is 5.60. The summed E-state index contributed by atoms with van der Waals surface area (Å²) in [5.41, 5.74) is 1.39. The molecule has 2 amide bonds. The first kappa shape index (κ1) is 16.2. The number of hydrogen-bond donors (Lipinski definition) is 1. The van der Waals surface area contributed by atoms with E-state index in [0.29, 0.717) is 30.8 Å². The van der Waals surface area contributed by atoms with Crippen LogP contribution in [0.15, 0.2) is 18.2 Å². The molecule has 0 aromatic heterocycles. The van der Waals surface area contributed by atoms with Gasteiger partial charge in [0.05, 0.1) is 23.7 Å². The molecule has 1 N–H and O–H groups in total. The van der Waals surface area contributed by atoms with Crippen molar-refractivity contribution >= 4 is 11.7 Å². The molecule has 0 aliphatic carbocycles. The quantitative estimate of drug-likeness (QED) is 0.686. The van der Waals surface area contributed by atoms with Crippen molar-refractivity contribution in [2.24, 2.45) is 0 Å². The predicted molar refractivity (Wildman–Crippen MR) is 81.8 cm³/mol. The van der Waals surface area contributed by atoms with Crippen molar-refractivity contribution in [1.29, 1.82) is 0 Å². The molecule has 1 fully saturated rings. The molecule has 1 aromatic carbocycles. The average Bonchev–Trinajstić information content (AvgIpc) is 2.47. The number of ether oxygens (including phenoxy) is 1. The van der Waals surface area contributed by atoms with Gasteiger partial charge >= 0.3 is 6.03 Å². The topological polar surface area (TPSA) is 84.7 Å². The van der Waals surface area contributed by atoms with Crippen molar-refractivity contribution < 1.29 is 14.5 Å². The van der Waals surface area contributed by atoms with Gasteiger partial charge in [0.15, 0.2) is 0 Å². The van der Waals surface area contributed by atoms with Gasteiger partial charge in [0.25, 0.3) is 5.69 Å². The second-order valence-corrected chi connectivity index (χ2v) is 5.60. The van der Waals surface area contributed by atoms with Crippen LogP contribution < -0.4 is 5.32 Å². The molecule has 0 bridgehead atoms. The Hall–Kier alpha value is -2.15. The van der Waals surface area contributed by atoms with Gasteiger partial charge < -0.3 is 15.0 Å². The highest BCUT2D eigenvalue weighted by Crippen LogP contribution is 2.23. The summed E-state index contributed by atoms with van der Waals surface area (Å²) in [6.07, 6.45) is 0.0234. The van der Waals surface area contributed by atoms with Gasteiger partial charge in [-0.3, -0.25) is 10.1 Å². The minimum Gasteiger partial charge on any atom is -0.375 e. The van der Waals surface area contributed by atoms with Crippen molar-refractivity contribution in [1.82, 2.24) is 10.2 Å². The lowest BCUT2D eigenvalue weighted by molar-refractivity contribution is -0.385. The van der Waals surface area contributed by atoms with Crippen LogP contribution in [-0.4, -0.2) is 41.7 Å². The first-order valence-electron chi connectivity index (χ1n) is 7.30. The maximum Gasteiger partial charge on any atom is 0.318 e. The maximum absolute atomic E-state index is 12.2. The van der Waals surface area contributed by atoms with Crippen molar-refractivity contribution in [2.45, 2.75) is 32.9 Å². The Morgan fingerprint density at radius 2 is 2.27 bits per heavy atom. The number of amides is 2. The fourth-order valence-corrected chi connectivity index (χ4v) is 2.46. The number of urea groups is 1. The molecule has 1 aliphatic rings. The Morgan fingerprint density at radius 1 is 1.55 bits per heavy atom. The Balaban J connectivity index is 2.05. The van der Waals surface area contributed by atoms with E-state index in [9.17, 15) is 14.9 Å². The Kier molecular flexibility index (Phi) is 4.97. The third kappa shape index (κ3) is 3.73. The molecule has 7 nitrogen and oxygen atoms in total. The highest BCUT2D eigenvalue weighted by Gasteiger charge is 2.23. The molecule has 0 radical (unpaired) electrons. The molecule has 22 heavy (non-hydrogen) atoms. The Labute approximate surface area is 129 Å². The van der Waals surface area contributed by atoms with Crippen molar-refractivity contribution in [2.75, 3.05) is 19.7 Å². The normalized spacial score (nSPS) is 19.6. The number of benzene rings is 1. The number of nitrogens with one attached hydrogen (secondary N) is 1. The Morgan fingerprint density at radius 3 is 2.91 bits per heavy atom. The molecule has 0 saturated carbocycles. The van der Waals surface area contributed by atoms with Crippen LogP contribution in [0.25, 0.3) is 0 Å². The van der Waals surface area contributed by atoms with Crippen LogP contribution in [0, 0.1) is 17.0 Å². The van der Waals surface area contributed by atoms with E-state index in [0.717, 1.165) is 0 Å². The van der Waals surface area contributed by atoms with Crippen molar-refractivity contribution in [3.8, 4) is 0 Å². The van der Waals surface area contributed by atoms with Crippen molar-refractivity contribution in [3.05, 3.63) is 39.4 Å². The van der Waals surface area contributed by atoms with Gasteiger partial charge in [0.1, 0.15) is 0 Å². The number of nitro groups is 1. The van der Waals surface area contributed by atoms with Crippen molar-refractivity contribution in [3.63, 3.8) is 0 Å². The number of aryl methyl sites for hydroxylation is 1. The lowest BCUT2D eigenvalue weighted by Gasteiger charge is -2.32. The molecular weight excluding hydrogens is 286 g/mol. The fraction of sp³-hybridized carbons (Fsp3) is 0.533. The number of hydrogen-bond acceptors (Lipinski definition) is 4. The monoisotopic (exact) mass is 307 g/mol. The van der Waals surface area contributed by atoms with Crippen LogP contribution in [0.5, 0.6) is 0 Å². The predicted octanol–water partition coefficient (Wildman–Crippen LogP) is 2.39. The third-order valence-corrected chi connectivity index (χ3v) is 3.80. The fourth-order valence-electron chi connectivity index (χ4n) is 2.46. The van der Waals surface area contributed by atoms with Crippen LogP contribution in [-0.2, 0) is 4.74 Å². The lowest BCUT2D eigenvalue weighted by Crippen LogP contribution is -2.49. The number of nitrogens with zero attached hydrogens (tertiary/aromatic N) is 2. The molecule has 2 unspecified atom stereocenters. The van der Waals surface area contributed by atoms with Crippen LogP contribution in [0.4, 0.5) is 10.5 Å². The molecule has 1 heterocycles. The summed E-state index contributed by atoms with van der Waals surface area (Å²) in [6.45, 7) is 7.06. The van der Waals surface area contributed by atoms with Gasteiger partial charge in [-0.2, -0.15) is 0 Å². The van der Waals surface area contributed by atoms with Crippen LogP contribution in [0.2, 0.25) is 0 Å². The Bertz CT molecular complexity index is 576. The summed E-state index contributed by atoms with van der Waals surface area (Å²) in [5, 5.41) is 13.9. The van der Waals surface area contributed by atoms with E-state index < -0.39 is 4.92 Å². The van der Waals surface area contributed by atoms with E-state index in [2.05, 4.69) is 5.32 Å². The first-order chi connectivity index (χ1) is 10.4. The molecule has 1 saturated heterocycles. The van der Waals surface area contributed by atoms with E-state index in [-0.39, 0.29) is 23.9 Å². The zero-order chi connectivity index (χ0) is 16.3. The highest BCUT2D eigenvalue weighted by molar-refractivity contribution is 5.75. The molecule has 1 aliphatic heterocycles. The zero-order valence-corrected chi connectivity index (χ0v) is 13.0. The van der Waals surface area contributed by atoms with Crippen LogP contribution in [0.1, 0.15) is 31.0 Å². The van der Waals surface area contributed by atoms with E-state index in [1.54, 1.807) is 24.0 Å². The van der Waals surface area contributed by atoms with E-state index in [1.165, 1.54) is 6.07 Å². The zero-order valence-electron chi connectivity index (χ0n) is 13.0. The molecule has 120 valence electrons. The molecule has 1 aromatic rings. The summed E-state index contributed by atoms with van der Waals surface area (Å²) in [6, 6.07) is 4.54. The lowest BCUT2D eigenvalue weighted by atomic mass is 10.0.